The lowest BCUT2D eigenvalue weighted by Gasteiger charge is -2.18. The van der Waals surface area contributed by atoms with Gasteiger partial charge in [0.25, 0.3) is 0 Å². The molecule has 2 aromatic rings. The molecule has 0 saturated heterocycles. The normalized spacial score (nSPS) is 18.1. The van der Waals surface area contributed by atoms with Gasteiger partial charge in [-0.1, -0.05) is 0 Å². The summed E-state index contributed by atoms with van der Waals surface area (Å²) in [6.45, 7) is 5.93. The van der Waals surface area contributed by atoms with Gasteiger partial charge in [-0.2, -0.15) is 0 Å². The number of fused-ring (bicyclic) bond motifs is 1. The number of nitrogens with one attached hydrogen (secondary N) is 1. The van der Waals surface area contributed by atoms with Gasteiger partial charge in [0.2, 0.25) is 0 Å². The van der Waals surface area contributed by atoms with Gasteiger partial charge in [0, 0.05) is 29.4 Å². The fourth-order valence-corrected chi connectivity index (χ4v) is 3.51. The molecule has 1 aliphatic rings. The minimum atomic E-state index is 0.428. The summed E-state index contributed by atoms with van der Waals surface area (Å²) in [6.07, 6.45) is 1.03. The highest BCUT2D eigenvalue weighted by Crippen LogP contribution is 2.34. The van der Waals surface area contributed by atoms with Crippen molar-refractivity contribution in [1.29, 1.82) is 0 Å². The Morgan fingerprint density at radius 1 is 1.37 bits per heavy atom. The van der Waals surface area contributed by atoms with Gasteiger partial charge in [-0.15, -0.1) is 11.3 Å². The first-order valence-electron chi connectivity index (χ1n) is 6.74. The molecule has 1 aromatic carbocycles. The predicted molar refractivity (Wildman–Crippen MR) is 78.8 cm³/mol. The van der Waals surface area contributed by atoms with E-state index in [1.165, 1.54) is 16.1 Å². The van der Waals surface area contributed by atoms with Crippen molar-refractivity contribution in [3.8, 4) is 16.3 Å². The highest BCUT2D eigenvalue weighted by Gasteiger charge is 2.21. The summed E-state index contributed by atoms with van der Waals surface area (Å²) in [5.74, 6) is 0.919. The zero-order chi connectivity index (χ0) is 13.2. The molecule has 0 amide bonds. The summed E-state index contributed by atoms with van der Waals surface area (Å²) >= 11 is 1.80. The Labute approximate surface area is 117 Å². The number of rotatable bonds is 3. The Kier molecular flexibility index (Phi) is 3.53. The van der Waals surface area contributed by atoms with Crippen molar-refractivity contribution in [3.05, 3.63) is 34.8 Å². The van der Waals surface area contributed by atoms with Gasteiger partial charge in [-0.3, -0.25) is 0 Å². The second kappa shape index (κ2) is 5.31. The van der Waals surface area contributed by atoms with Gasteiger partial charge in [0.15, 0.2) is 0 Å². The molecule has 0 bridgehead atoms. The molecule has 2 heterocycles. The number of ether oxygens (including phenoxy) is 1. The molecular weight excluding hydrogens is 256 g/mol. The van der Waals surface area contributed by atoms with Gasteiger partial charge < -0.3 is 10.1 Å². The lowest BCUT2D eigenvalue weighted by molar-refractivity contribution is 0.340. The first-order valence-corrected chi connectivity index (χ1v) is 7.56. The van der Waals surface area contributed by atoms with Crippen LogP contribution in [0.1, 0.15) is 30.5 Å². The summed E-state index contributed by atoms with van der Waals surface area (Å²) in [6, 6.07) is 8.64. The van der Waals surface area contributed by atoms with E-state index >= 15 is 0 Å². The monoisotopic (exact) mass is 274 g/mol. The van der Waals surface area contributed by atoms with Crippen LogP contribution in [0, 0.1) is 0 Å². The topological polar surface area (TPSA) is 34.1 Å². The maximum Gasteiger partial charge on any atom is 0.123 e. The first-order chi connectivity index (χ1) is 9.28. The molecule has 3 nitrogen and oxygen atoms in total. The summed E-state index contributed by atoms with van der Waals surface area (Å²) in [7, 11) is 0. The average molecular weight is 274 g/mol. The maximum absolute atomic E-state index is 5.47. The van der Waals surface area contributed by atoms with Crippen molar-refractivity contribution < 1.29 is 4.74 Å². The van der Waals surface area contributed by atoms with Crippen LogP contribution in [0.4, 0.5) is 0 Å². The Balaban J connectivity index is 1.89. The third-order valence-corrected chi connectivity index (χ3v) is 4.67. The molecule has 0 fully saturated rings. The SMILES string of the molecule is CCOc1ccc(-c2nc3c(s2)C(C)NCC3)cc1. The van der Waals surface area contributed by atoms with Crippen LogP contribution in [-0.4, -0.2) is 18.1 Å². The zero-order valence-electron chi connectivity index (χ0n) is 11.3. The van der Waals surface area contributed by atoms with Crippen LogP contribution in [0.3, 0.4) is 0 Å². The van der Waals surface area contributed by atoms with E-state index in [1.54, 1.807) is 11.3 Å². The molecule has 19 heavy (non-hydrogen) atoms. The largest absolute Gasteiger partial charge is 0.494 e. The zero-order valence-corrected chi connectivity index (χ0v) is 12.1. The van der Waals surface area contributed by atoms with Crippen LogP contribution in [0.25, 0.3) is 10.6 Å². The number of hydrogen-bond acceptors (Lipinski definition) is 4. The second-order valence-electron chi connectivity index (χ2n) is 4.71. The summed E-state index contributed by atoms with van der Waals surface area (Å²) < 4.78 is 5.47. The lowest BCUT2D eigenvalue weighted by atomic mass is 10.1. The minimum absolute atomic E-state index is 0.428. The van der Waals surface area contributed by atoms with E-state index in [9.17, 15) is 0 Å². The Bertz CT molecular complexity index is 562. The van der Waals surface area contributed by atoms with E-state index in [2.05, 4.69) is 24.4 Å². The van der Waals surface area contributed by atoms with Crippen LogP contribution < -0.4 is 10.1 Å². The van der Waals surface area contributed by atoms with E-state index in [0.29, 0.717) is 12.6 Å². The minimum Gasteiger partial charge on any atom is -0.494 e. The molecule has 1 N–H and O–H groups in total. The second-order valence-corrected chi connectivity index (χ2v) is 5.74. The fraction of sp³-hybridized carbons (Fsp3) is 0.400. The molecular formula is C15H18N2OS. The molecule has 0 aliphatic carbocycles. The third kappa shape index (κ3) is 2.51. The van der Waals surface area contributed by atoms with E-state index < -0.39 is 0 Å². The Hall–Kier alpha value is -1.39. The number of benzene rings is 1. The van der Waals surface area contributed by atoms with Crippen LogP contribution in [-0.2, 0) is 6.42 Å². The molecule has 1 unspecified atom stereocenters. The van der Waals surface area contributed by atoms with Crippen LogP contribution in [0.15, 0.2) is 24.3 Å². The molecule has 1 aliphatic heterocycles. The van der Waals surface area contributed by atoms with Crippen molar-refractivity contribution in [1.82, 2.24) is 10.3 Å². The molecule has 4 heteroatoms. The summed E-state index contributed by atoms with van der Waals surface area (Å²) in [5.41, 5.74) is 2.44. The Morgan fingerprint density at radius 2 is 2.16 bits per heavy atom. The Morgan fingerprint density at radius 3 is 2.84 bits per heavy atom. The average Bonchev–Trinajstić information content (AvgIpc) is 2.85. The molecule has 3 rings (SSSR count). The van der Waals surface area contributed by atoms with Gasteiger partial charge in [-0.05, 0) is 38.1 Å². The van der Waals surface area contributed by atoms with Crippen molar-refractivity contribution in [3.63, 3.8) is 0 Å². The van der Waals surface area contributed by atoms with Crippen LogP contribution >= 0.6 is 11.3 Å². The number of thiazole rings is 1. The molecule has 0 spiro atoms. The van der Waals surface area contributed by atoms with Crippen molar-refractivity contribution in [2.24, 2.45) is 0 Å². The van der Waals surface area contributed by atoms with Crippen LogP contribution in [0.5, 0.6) is 5.75 Å². The van der Waals surface area contributed by atoms with Crippen LogP contribution in [0.2, 0.25) is 0 Å². The van der Waals surface area contributed by atoms with Gasteiger partial charge in [-0.25, -0.2) is 4.98 Å². The van der Waals surface area contributed by atoms with E-state index in [1.807, 2.05) is 19.1 Å². The standard InChI is InChI=1S/C15H18N2OS/c1-3-18-12-6-4-11(5-7-12)15-17-13-8-9-16-10(2)14(13)19-15/h4-7,10,16H,3,8-9H2,1-2H3. The molecule has 100 valence electrons. The lowest BCUT2D eigenvalue weighted by Crippen LogP contribution is -2.26. The smallest absolute Gasteiger partial charge is 0.123 e. The van der Waals surface area contributed by atoms with Gasteiger partial charge >= 0.3 is 0 Å². The summed E-state index contributed by atoms with van der Waals surface area (Å²) in [4.78, 5) is 6.17. The number of aromatic nitrogens is 1. The molecule has 1 aromatic heterocycles. The predicted octanol–water partition coefficient (Wildman–Crippen LogP) is 3.42. The quantitative estimate of drug-likeness (QED) is 0.931. The van der Waals surface area contributed by atoms with Crippen molar-refractivity contribution in [2.75, 3.05) is 13.2 Å². The summed E-state index contributed by atoms with van der Waals surface area (Å²) in [5, 5.41) is 4.59. The molecule has 0 saturated carbocycles. The highest BCUT2D eigenvalue weighted by atomic mass is 32.1. The van der Waals surface area contributed by atoms with Gasteiger partial charge in [0.05, 0.1) is 12.3 Å². The third-order valence-electron chi connectivity index (χ3n) is 3.35. The highest BCUT2D eigenvalue weighted by molar-refractivity contribution is 7.15. The molecule has 1 atom stereocenters. The van der Waals surface area contributed by atoms with Crippen molar-refractivity contribution in [2.45, 2.75) is 26.3 Å². The van der Waals surface area contributed by atoms with E-state index in [4.69, 9.17) is 9.72 Å². The number of nitrogens with zero attached hydrogens (tertiary/aromatic N) is 1. The first kappa shape index (κ1) is 12.6. The fourth-order valence-electron chi connectivity index (χ4n) is 2.36. The van der Waals surface area contributed by atoms with E-state index in [0.717, 1.165) is 23.7 Å². The van der Waals surface area contributed by atoms with Crippen molar-refractivity contribution >= 4 is 11.3 Å². The van der Waals surface area contributed by atoms with Gasteiger partial charge in [0.1, 0.15) is 10.8 Å². The molecule has 0 radical (unpaired) electrons. The number of hydrogen-bond donors (Lipinski definition) is 1. The van der Waals surface area contributed by atoms with E-state index in [-0.39, 0.29) is 0 Å². The maximum atomic E-state index is 5.47.